The van der Waals surface area contributed by atoms with Crippen LogP contribution in [-0.4, -0.2) is 47.8 Å². The molecule has 1 heterocycles. The van der Waals surface area contributed by atoms with E-state index < -0.39 is 23.4 Å². The Kier molecular flexibility index (Phi) is 8.50. The lowest BCUT2D eigenvalue weighted by molar-refractivity contribution is -0.386. The van der Waals surface area contributed by atoms with E-state index in [2.05, 4.69) is 5.32 Å². The summed E-state index contributed by atoms with van der Waals surface area (Å²) in [6, 6.07) is 3.54. The first-order valence-corrected chi connectivity index (χ1v) is 6.11. The highest BCUT2D eigenvalue weighted by Gasteiger charge is 2.24. The van der Waals surface area contributed by atoms with Crippen LogP contribution in [-0.2, 0) is 0 Å². The molecule has 1 aromatic rings. The highest BCUT2D eigenvalue weighted by atomic mass is 35.5. The van der Waals surface area contributed by atoms with Gasteiger partial charge in [-0.25, -0.2) is 4.39 Å². The molecular formula is C12H18Cl2FN3O3. The molecule has 1 aliphatic heterocycles. The minimum atomic E-state index is -0.661. The average Bonchev–Trinajstić information content (AvgIpc) is 2.42. The van der Waals surface area contributed by atoms with Gasteiger partial charge in [0.15, 0.2) is 5.75 Å². The first kappa shape index (κ1) is 19.9. The normalized spacial score (nSPS) is 16.4. The number of alkyl halides is 1. The Labute approximate surface area is 134 Å². The molecule has 0 aliphatic carbocycles. The van der Waals surface area contributed by atoms with Gasteiger partial charge in [0, 0.05) is 32.2 Å². The number of phenolic OH excluding ortho intramolecular Hbond substituents is 1. The third-order valence-electron chi connectivity index (χ3n) is 3.32. The zero-order valence-corrected chi connectivity index (χ0v) is 12.8. The van der Waals surface area contributed by atoms with Crippen molar-refractivity contribution in [1.82, 2.24) is 10.2 Å². The van der Waals surface area contributed by atoms with E-state index in [4.69, 9.17) is 0 Å². The number of phenols is 1. The first-order chi connectivity index (χ1) is 9.13. The summed E-state index contributed by atoms with van der Waals surface area (Å²) in [4.78, 5) is 12.1. The molecule has 2 rings (SSSR count). The third kappa shape index (κ3) is 4.67. The summed E-state index contributed by atoms with van der Waals surface area (Å²) in [6.45, 7) is 2.34. The molecule has 0 amide bonds. The number of nitrogens with zero attached hydrogens (tertiary/aromatic N) is 2. The number of nitrogens with one attached hydrogen (secondary N) is 1. The Balaban J connectivity index is 0.00000200. The number of piperazine rings is 1. The fourth-order valence-electron chi connectivity index (χ4n) is 2.29. The lowest BCUT2D eigenvalue weighted by Crippen LogP contribution is -2.45. The molecule has 0 radical (unpaired) electrons. The first-order valence-electron chi connectivity index (χ1n) is 6.11. The van der Waals surface area contributed by atoms with Crippen LogP contribution in [0.1, 0.15) is 11.6 Å². The predicted molar refractivity (Wildman–Crippen MR) is 82.4 cm³/mol. The van der Waals surface area contributed by atoms with Crippen molar-refractivity contribution in [3.8, 4) is 5.75 Å². The Morgan fingerprint density at radius 2 is 2.00 bits per heavy atom. The summed E-state index contributed by atoms with van der Waals surface area (Å²) in [5.41, 5.74) is 0.139. The quantitative estimate of drug-likeness (QED) is 0.647. The van der Waals surface area contributed by atoms with Crippen molar-refractivity contribution in [3.05, 3.63) is 33.9 Å². The maximum absolute atomic E-state index is 13.3. The van der Waals surface area contributed by atoms with Gasteiger partial charge < -0.3 is 10.4 Å². The van der Waals surface area contributed by atoms with Gasteiger partial charge in [0.05, 0.1) is 11.0 Å². The molecule has 0 bridgehead atoms. The summed E-state index contributed by atoms with van der Waals surface area (Å²) in [6.07, 6.45) is 0. The zero-order valence-electron chi connectivity index (χ0n) is 11.2. The van der Waals surface area contributed by atoms with Gasteiger partial charge in [0.1, 0.15) is 6.67 Å². The molecule has 0 unspecified atom stereocenters. The summed E-state index contributed by atoms with van der Waals surface area (Å²) >= 11 is 0. The van der Waals surface area contributed by atoms with E-state index in [-0.39, 0.29) is 30.5 Å². The third-order valence-corrected chi connectivity index (χ3v) is 3.32. The number of nitro groups is 1. The number of hydrogen-bond acceptors (Lipinski definition) is 5. The molecule has 21 heavy (non-hydrogen) atoms. The largest absolute Gasteiger partial charge is 0.502 e. The van der Waals surface area contributed by atoms with Crippen molar-refractivity contribution >= 4 is 30.5 Å². The second-order valence-electron chi connectivity index (χ2n) is 4.46. The topological polar surface area (TPSA) is 78.6 Å². The van der Waals surface area contributed by atoms with Gasteiger partial charge in [-0.15, -0.1) is 24.8 Å². The van der Waals surface area contributed by atoms with E-state index in [0.29, 0.717) is 18.7 Å². The van der Waals surface area contributed by atoms with Gasteiger partial charge in [-0.2, -0.15) is 0 Å². The molecule has 120 valence electrons. The lowest BCUT2D eigenvalue weighted by atomic mass is 10.0. The van der Waals surface area contributed by atoms with Crippen molar-refractivity contribution in [3.63, 3.8) is 0 Å². The molecule has 0 spiro atoms. The summed E-state index contributed by atoms with van der Waals surface area (Å²) < 4.78 is 13.3. The van der Waals surface area contributed by atoms with Crippen LogP contribution < -0.4 is 5.32 Å². The average molecular weight is 342 g/mol. The number of aromatic hydroxyl groups is 1. The van der Waals surface area contributed by atoms with Crippen LogP contribution in [0.3, 0.4) is 0 Å². The van der Waals surface area contributed by atoms with Gasteiger partial charge in [-0.3, -0.25) is 15.0 Å². The van der Waals surface area contributed by atoms with Crippen LogP contribution in [0.2, 0.25) is 0 Å². The van der Waals surface area contributed by atoms with E-state index in [9.17, 15) is 19.6 Å². The fourth-order valence-corrected chi connectivity index (χ4v) is 2.29. The van der Waals surface area contributed by atoms with Crippen molar-refractivity contribution in [1.29, 1.82) is 0 Å². The van der Waals surface area contributed by atoms with Crippen LogP contribution >= 0.6 is 24.8 Å². The van der Waals surface area contributed by atoms with E-state index in [1.165, 1.54) is 18.2 Å². The molecule has 0 aromatic heterocycles. The van der Waals surface area contributed by atoms with Crippen LogP contribution in [0.15, 0.2) is 18.2 Å². The van der Waals surface area contributed by atoms with Gasteiger partial charge in [-0.05, 0) is 11.6 Å². The number of rotatable bonds is 4. The SMILES string of the molecule is Cl.Cl.O=[N+]([O-])c1cc([C@H](CF)N2CCNCC2)ccc1O. The second kappa shape index (κ2) is 8.99. The highest BCUT2D eigenvalue weighted by molar-refractivity contribution is 5.85. The molecule has 1 aromatic carbocycles. The van der Waals surface area contributed by atoms with E-state index in [0.717, 1.165) is 13.1 Å². The molecule has 9 heteroatoms. The Hall–Kier alpha value is -1.15. The minimum Gasteiger partial charge on any atom is -0.502 e. The lowest BCUT2D eigenvalue weighted by Gasteiger charge is -2.33. The van der Waals surface area contributed by atoms with Crippen LogP contribution in [0.4, 0.5) is 10.1 Å². The van der Waals surface area contributed by atoms with Crippen LogP contribution in [0.25, 0.3) is 0 Å². The summed E-state index contributed by atoms with van der Waals surface area (Å²) in [5, 5.41) is 23.4. The maximum atomic E-state index is 13.3. The number of hydrogen-bond donors (Lipinski definition) is 2. The fraction of sp³-hybridized carbons (Fsp3) is 0.500. The molecule has 1 saturated heterocycles. The highest BCUT2D eigenvalue weighted by Crippen LogP contribution is 2.31. The van der Waals surface area contributed by atoms with Crippen molar-refractivity contribution in [2.45, 2.75) is 6.04 Å². The standard InChI is InChI=1S/C12H16FN3O3.2ClH/c13-8-11(15-5-3-14-4-6-15)9-1-2-12(17)10(7-9)16(18)19;;/h1-2,7,11,14,17H,3-6,8H2;2*1H/t11-;;/m0../s1. The molecule has 6 nitrogen and oxygen atoms in total. The van der Waals surface area contributed by atoms with E-state index in [1.807, 2.05) is 4.90 Å². The van der Waals surface area contributed by atoms with Crippen molar-refractivity contribution < 1.29 is 14.4 Å². The maximum Gasteiger partial charge on any atom is 0.311 e. The van der Waals surface area contributed by atoms with Crippen LogP contribution in [0, 0.1) is 10.1 Å². The molecule has 1 fully saturated rings. The minimum absolute atomic E-state index is 0. The van der Waals surface area contributed by atoms with Gasteiger partial charge in [0.2, 0.25) is 0 Å². The molecular weight excluding hydrogens is 324 g/mol. The van der Waals surface area contributed by atoms with Crippen molar-refractivity contribution in [2.75, 3.05) is 32.9 Å². The predicted octanol–water partition coefficient (Wildman–Crippen LogP) is 2.06. The van der Waals surface area contributed by atoms with Gasteiger partial charge >= 0.3 is 5.69 Å². The monoisotopic (exact) mass is 341 g/mol. The molecule has 1 atom stereocenters. The number of nitro benzene ring substituents is 1. The van der Waals surface area contributed by atoms with E-state index >= 15 is 0 Å². The second-order valence-corrected chi connectivity index (χ2v) is 4.46. The van der Waals surface area contributed by atoms with Gasteiger partial charge in [-0.1, -0.05) is 6.07 Å². The number of benzene rings is 1. The van der Waals surface area contributed by atoms with Gasteiger partial charge in [0.25, 0.3) is 0 Å². The Morgan fingerprint density at radius 3 is 2.52 bits per heavy atom. The molecule has 2 N–H and O–H groups in total. The zero-order chi connectivity index (χ0) is 13.8. The summed E-state index contributed by atoms with van der Waals surface area (Å²) in [7, 11) is 0. The molecule has 1 aliphatic rings. The molecule has 0 saturated carbocycles. The Morgan fingerprint density at radius 1 is 1.38 bits per heavy atom. The van der Waals surface area contributed by atoms with E-state index in [1.54, 1.807) is 0 Å². The van der Waals surface area contributed by atoms with Crippen molar-refractivity contribution in [2.24, 2.45) is 0 Å². The Bertz CT molecular complexity index is 473. The summed E-state index contributed by atoms with van der Waals surface area (Å²) in [5.74, 6) is -0.397. The van der Waals surface area contributed by atoms with Crippen LogP contribution in [0.5, 0.6) is 5.75 Å². The number of halogens is 3. The smallest absolute Gasteiger partial charge is 0.311 e.